The van der Waals surface area contributed by atoms with Gasteiger partial charge in [-0.2, -0.15) is 26.3 Å². The van der Waals surface area contributed by atoms with E-state index in [1.807, 2.05) is 0 Å². The molecule has 2 unspecified atom stereocenters. The topological polar surface area (TPSA) is 71.1 Å². The third kappa shape index (κ3) is 4.21. The molecule has 1 aliphatic heterocycles. The SMILES string of the molecule is CC(F)(F)C(=O)OCCOC(=O)C12CC3CC(C1)C1(OCCC(F)(F)C(F)(F)CO1)C(C3)C2. The van der Waals surface area contributed by atoms with Gasteiger partial charge in [0.25, 0.3) is 0 Å². The van der Waals surface area contributed by atoms with Crippen LogP contribution < -0.4 is 0 Å². The molecule has 4 aliphatic carbocycles. The van der Waals surface area contributed by atoms with Gasteiger partial charge >= 0.3 is 29.7 Å². The summed E-state index contributed by atoms with van der Waals surface area (Å²) in [4.78, 5) is 24.0. The molecule has 12 heteroatoms. The van der Waals surface area contributed by atoms with E-state index in [1.54, 1.807) is 0 Å². The molecule has 2 atom stereocenters. The highest BCUT2D eigenvalue weighted by molar-refractivity contribution is 5.78. The standard InChI is InChI=1S/C21H26F6O6/c1-17(22,23)15(28)30-4-5-31-16(29)18-8-12-6-13(9-18)21(14(7-12)10-18)32-3-2-19(24,25)20(26,27)11-33-21/h12-14H,2-11H2,1H3. The highest BCUT2D eigenvalue weighted by Gasteiger charge is 2.68. The molecule has 4 saturated carbocycles. The van der Waals surface area contributed by atoms with Crippen LogP contribution >= 0.6 is 0 Å². The zero-order chi connectivity index (χ0) is 24.3. The molecule has 1 saturated heterocycles. The molecule has 1 heterocycles. The van der Waals surface area contributed by atoms with Gasteiger partial charge in [0, 0.05) is 25.2 Å². The first kappa shape index (κ1) is 24.6. The number of carbonyl (C=O) groups excluding carboxylic acids is 2. The Morgan fingerprint density at radius 1 is 0.939 bits per heavy atom. The largest absolute Gasteiger partial charge is 0.462 e. The first-order valence-electron chi connectivity index (χ1n) is 11.0. The molecule has 5 rings (SSSR count). The molecule has 0 aromatic rings. The van der Waals surface area contributed by atoms with E-state index in [0.29, 0.717) is 26.2 Å². The Morgan fingerprint density at radius 3 is 2.15 bits per heavy atom. The Kier molecular flexibility index (Phi) is 5.95. The molecular weight excluding hydrogens is 462 g/mol. The third-order valence-corrected chi connectivity index (χ3v) is 7.43. The van der Waals surface area contributed by atoms with Crippen LogP contribution in [0.1, 0.15) is 45.4 Å². The fourth-order valence-electron chi connectivity index (χ4n) is 6.07. The van der Waals surface area contributed by atoms with Gasteiger partial charge < -0.3 is 18.9 Å². The fourth-order valence-corrected chi connectivity index (χ4v) is 6.07. The van der Waals surface area contributed by atoms with Crippen molar-refractivity contribution in [1.29, 1.82) is 0 Å². The summed E-state index contributed by atoms with van der Waals surface area (Å²) in [5.74, 6) is -16.8. The summed E-state index contributed by atoms with van der Waals surface area (Å²) in [6.07, 6.45) is 0.918. The molecule has 0 N–H and O–H groups in total. The molecule has 5 fully saturated rings. The zero-order valence-electron chi connectivity index (χ0n) is 18.0. The van der Waals surface area contributed by atoms with Crippen LogP contribution in [-0.4, -0.2) is 61.9 Å². The van der Waals surface area contributed by atoms with E-state index in [-0.39, 0.29) is 18.8 Å². The number of hydrogen-bond donors (Lipinski definition) is 0. The molecule has 0 amide bonds. The summed E-state index contributed by atoms with van der Waals surface area (Å²) in [6, 6.07) is 0. The summed E-state index contributed by atoms with van der Waals surface area (Å²) in [7, 11) is 0. The first-order valence-corrected chi connectivity index (χ1v) is 11.0. The molecule has 1 spiro atoms. The first-order chi connectivity index (χ1) is 15.2. The number of hydrogen-bond acceptors (Lipinski definition) is 6. The lowest BCUT2D eigenvalue weighted by molar-refractivity contribution is -0.385. The maximum atomic E-state index is 14.0. The second kappa shape index (κ2) is 8.00. The van der Waals surface area contributed by atoms with E-state index in [4.69, 9.17) is 14.2 Å². The average Bonchev–Trinajstić information content (AvgIpc) is 2.70. The smallest absolute Gasteiger partial charge is 0.376 e. The lowest BCUT2D eigenvalue weighted by atomic mass is 9.47. The maximum absolute atomic E-state index is 14.0. The summed E-state index contributed by atoms with van der Waals surface area (Å²) < 4.78 is 102. The molecule has 6 nitrogen and oxygen atoms in total. The second-order valence-corrected chi connectivity index (χ2v) is 9.80. The van der Waals surface area contributed by atoms with Crippen molar-refractivity contribution in [2.75, 3.05) is 26.4 Å². The molecular formula is C21H26F6O6. The highest BCUT2D eigenvalue weighted by Crippen LogP contribution is 2.65. The van der Waals surface area contributed by atoms with Gasteiger partial charge in [-0.25, -0.2) is 4.79 Å². The molecule has 0 aromatic heterocycles. The predicted molar refractivity (Wildman–Crippen MR) is 97.7 cm³/mol. The monoisotopic (exact) mass is 488 g/mol. The van der Waals surface area contributed by atoms with Crippen molar-refractivity contribution in [1.82, 2.24) is 0 Å². The van der Waals surface area contributed by atoms with Crippen molar-refractivity contribution in [2.45, 2.75) is 69.0 Å². The second-order valence-electron chi connectivity index (χ2n) is 9.80. The molecule has 188 valence electrons. The number of halogens is 6. The van der Waals surface area contributed by atoms with Crippen LogP contribution in [0.25, 0.3) is 0 Å². The van der Waals surface area contributed by atoms with Crippen LogP contribution in [0.15, 0.2) is 0 Å². The van der Waals surface area contributed by atoms with Crippen molar-refractivity contribution in [2.24, 2.45) is 23.2 Å². The Labute approximate surface area is 186 Å². The van der Waals surface area contributed by atoms with E-state index < -0.39 is 85.6 Å². The van der Waals surface area contributed by atoms with E-state index >= 15 is 0 Å². The van der Waals surface area contributed by atoms with Crippen molar-refractivity contribution in [3.05, 3.63) is 0 Å². The van der Waals surface area contributed by atoms with Gasteiger partial charge in [-0.1, -0.05) is 0 Å². The van der Waals surface area contributed by atoms with Crippen molar-refractivity contribution >= 4 is 11.9 Å². The molecule has 5 aliphatic rings. The van der Waals surface area contributed by atoms with E-state index in [2.05, 4.69) is 4.74 Å². The number of rotatable bonds is 5. The third-order valence-electron chi connectivity index (χ3n) is 7.43. The lowest BCUT2D eigenvalue weighted by Gasteiger charge is -2.63. The zero-order valence-corrected chi connectivity index (χ0v) is 18.0. The molecule has 4 bridgehead atoms. The predicted octanol–water partition coefficient (Wildman–Crippen LogP) is 3.96. The Bertz CT molecular complexity index is 781. The van der Waals surface area contributed by atoms with Crippen molar-refractivity contribution in [3.63, 3.8) is 0 Å². The summed E-state index contributed by atoms with van der Waals surface area (Å²) in [5.41, 5.74) is -0.929. The van der Waals surface area contributed by atoms with E-state index in [1.165, 1.54) is 0 Å². The number of carbonyl (C=O) groups is 2. The van der Waals surface area contributed by atoms with Crippen LogP contribution in [-0.2, 0) is 28.5 Å². The van der Waals surface area contributed by atoms with Gasteiger partial charge in [0.1, 0.15) is 19.8 Å². The summed E-state index contributed by atoms with van der Waals surface area (Å²) >= 11 is 0. The number of ether oxygens (including phenoxy) is 4. The molecule has 0 radical (unpaired) electrons. The van der Waals surface area contributed by atoms with Gasteiger partial charge in [0.2, 0.25) is 0 Å². The normalized spacial score (nSPS) is 39.1. The van der Waals surface area contributed by atoms with Gasteiger partial charge in [-0.15, -0.1) is 0 Å². The van der Waals surface area contributed by atoms with Gasteiger partial charge in [-0.3, -0.25) is 4.79 Å². The summed E-state index contributed by atoms with van der Waals surface area (Å²) in [5, 5.41) is 0. The van der Waals surface area contributed by atoms with Crippen LogP contribution in [0.3, 0.4) is 0 Å². The lowest BCUT2D eigenvalue weighted by Crippen LogP contribution is -2.67. The minimum Gasteiger partial charge on any atom is -0.462 e. The average molecular weight is 488 g/mol. The van der Waals surface area contributed by atoms with Crippen LogP contribution in [0, 0.1) is 23.2 Å². The number of alkyl halides is 6. The van der Waals surface area contributed by atoms with Crippen molar-refractivity contribution in [3.8, 4) is 0 Å². The Morgan fingerprint density at radius 2 is 1.55 bits per heavy atom. The maximum Gasteiger partial charge on any atom is 0.376 e. The minimum absolute atomic E-state index is 0.0943. The summed E-state index contributed by atoms with van der Waals surface area (Å²) in [6.45, 7) is -2.60. The minimum atomic E-state index is -4.33. The van der Waals surface area contributed by atoms with Crippen molar-refractivity contribution < 1.29 is 54.9 Å². The fraction of sp³-hybridized carbons (Fsp3) is 0.905. The van der Waals surface area contributed by atoms with Gasteiger partial charge in [0.15, 0.2) is 5.79 Å². The van der Waals surface area contributed by atoms with Gasteiger partial charge in [-0.05, 0) is 38.0 Å². The van der Waals surface area contributed by atoms with Crippen LogP contribution in [0.2, 0.25) is 0 Å². The Hall–Kier alpha value is -1.56. The Balaban J connectivity index is 1.42. The van der Waals surface area contributed by atoms with E-state index in [0.717, 1.165) is 0 Å². The van der Waals surface area contributed by atoms with Crippen LogP contribution in [0.5, 0.6) is 0 Å². The van der Waals surface area contributed by atoms with Crippen LogP contribution in [0.4, 0.5) is 26.3 Å². The van der Waals surface area contributed by atoms with E-state index in [9.17, 15) is 35.9 Å². The number of esters is 2. The molecule has 0 aromatic carbocycles. The highest BCUT2D eigenvalue weighted by atomic mass is 19.3. The quantitative estimate of drug-likeness (QED) is 0.332. The van der Waals surface area contributed by atoms with Gasteiger partial charge in [0.05, 0.1) is 12.0 Å². The molecule has 33 heavy (non-hydrogen) atoms.